The van der Waals surface area contributed by atoms with Crippen molar-refractivity contribution in [2.24, 2.45) is 4.99 Å². The summed E-state index contributed by atoms with van der Waals surface area (Å²) in [6.07, 6.45) is 2.61. The molecule has 1 atom stereocenters. The van der Waals surface area contributed by atoms with Crippen LogP contribution in [0.3, 0.4) is 0 Å². The summed E-state index contributed by atoms with van der Waals surface area (Å²) in [5, 5.41) is 8.98. The van der Waals surface area contributed by atoms with Crippen LogP contribution in [0.5, 0.6) is 0 Å². The molecule has 1 aliphatic rings. The van der Waals surface area contributed by atoms with E-state index in [1.165, 1.54) is 30.8 Å². The maximum atomic E-state index is 4.55. The van der Waals surface area contributed by atoms with E-state index in [0.29, 0.717) is 6.04 Å². The number of thiophene rings is 1. The van der Waals surface area contributed by atoms with E-state index in [-0.39, 0.29) is 0 Å². The highest BCUT2D eigenvalue weighted by Gasteiger charge is 2.24. The fourth-order valence-corrected chi connectivity index (χ4v) is 4.78. The minimum absolute atomic E-state index is 0.425. The molecule has 0 amide bonds. The highest BCUT2D eigenvalue weighted by Crippen LogP contribution is 2.27. The van der Waals surface area contributed by atoms with Crippen molar-refractivity contribution in [1.29, 1.82) is 0 Å². The van der Waals surface area contributed by atoms with Gasteiger partial charge in [0.25, 0.3) is 0 Å². The molecule has 0 radical (unpaired) electrons. The molecule has 2 aromatic heterocycles. The predicted molar refractivity (Wildman–Crippen MR) is 108 cm³/mol. The lowest BCUT2D eigenvalue weighted by molar-refractivity contribution is 0.247. The Balaban J connectivity index is 1.61. The molecule has 5 nitrogen and oxygen atoms in total. The van der Waals surface area contributed by atoms with Gasteiger partial charge >= 0.3 is 0 Å². The first kappa shape index (κ1) is 18.4. The largest absolute Gasteiger partial charge is 0.354 e. The van der Waals surface area contributed by atoms with Gasteiger partial charge in [0.05, 0.1) is 23.3 Å². The van der Waals surface area contributed by atoms with Crippen molar-refractivity contribution in [2.75, 3.05) is 33.7 Å². The molecule has 7 heteroatoms. The third-order valence-electron chi connectivity index (χ3n) is 4.55. The molecule has 1 saturated heterocycles. The smallest absolute Gasteiger partial charge is 0.193 e. The summed E-state index contributed by atoms with van der Waals surface area (Å²) in [5.74, 6) is 0.923. The molecule has 3 heterocycles. The number of hydrogen-bond donors (Lipinski definition) is 1. The third kappa shape index (κ3) is 4.80. The second kappa shape index (κ2) is 8.78. The minimum Gasteiger partial charge on any atom is -0.354 e. The standard InChI is InChI=1S/C18H27N5S2/c1-14-21-15(13-25-14)12-22(3)18(19-2)20-11-16(17-7-6-10-24-17)23-8-4-5-9-23/h6-7,10,13,16H,4-5,8-9,11-12H2,1-3H3,(H,19,20). The van der Waals surface area contributed by atoms with Gasteiger partial charge in [-0.2, -0.15) is 0 Å². The molecule has 0 spiro atoms. The Morgan fingerprint density at radius 2 is 2.20 bits per heavy atom. The molecule has 2 aromatic rings. The van der Waals surface area contributed by atoms with E-state index in [9.17, 15) is 0 Å². The van der Waals surface area contributed by atoms with E-state index in [4.69, 9.17) is 0 Å². The average molecular weight is 378 g/mol. The number of aliphatic imine (C=N–C) groups is 1. The van der Waals surface area contributed by atoms with Crippen molar-refractivity contribution in [3.8, 4) is 0 Å². The van der Waals surface area contributed by atoms with Crippen LogP contribution in [0, 0.1) is 6.92 Å². The zero-order chi connectivity index (χ0) is 17.6. The maximum absolute atomic E-state index is 4.55. The van der Waals surface area contributed by atoms with Crippen LogP contribution in [0.1, 0.15) is 34.5 Å². The molecule has 1 fully saturated rings. The molecule has 3 rings (SSSR count). The Morgan fingerprint density at radius 1 is 1.40 bits per heavy atom. The zero-order valence-electron chi connectivity index (χ0n) is 15.2. The topological polar surface area (TPSA) is 43.8 Å². The molecule has 0 aromatic carbocycles. The van der Waals surface area contributed by atoms with Crippen molar-refractivity contribution in [1.82, 2.24) is 20.1 Å². The second-order valence-corrected chi connectivity index (χ2v) is 8.46. The SMILES string of the molecule is CN=C(NCC(c1cccs1)N1CCCC1)N(C)Cc1csc(C)n1. The average Bonchev–Trinajstić information content (AvgIpc) is 3.35. The number of guanidine groups is 1. The number of likely N-dealkylation sites (tertiary alicyclic amines) is 1. The molecule has 1 unspecified atom stereocenters. The molecule has 0 aliphatic carbocycles. The van der Waals surface area contributed by atoms with Crippen LogP contribution in [0.25, 0.3) is 0 Å². The van der Waals surface area contributed by atoms with Gasteiger partial charge in [-0.1, -0.05) is 6.07 Å². The van der Waals surface area contributed by atoms with Crippen LogP contribution in [0.2, 0.25) is 0 Å². The number of hydrogen-bond acceptors (Lipinski definition) is 5. The minimum atomic E-state index is 0.425. The monoisotopic (exact) mass is 377 g/mol. The number of rotatable bonds is 6. The fourth-order valence-electron chi connectivity index (χ4n) is 3.32. The lowest BCUT2D eigenvalue weighted by atomic mass is 10.2. The van der Waals surface area contributed by atoms with E-state index in [1.807, 2.05) is 25.3 Å². The number of nitrogens with one attached hydrogen (secondary N) is 1. The van der Waals surface area contributed by atoms with Crippen LogP contribution in [0.15, 0.2) is 27.9 Å². The summed E-state index contributed by atoms with van der Waals surface area (Å²) in [6.45, 7) is 6.08. The first-order valence-electron chi connectivity index (χ1n) is 8.77. The van der Waals surface area contributed by atoms with E-state index < -0.39 is 0 Å². The van der Waals surface area contributed by atoms with Crippen molar-refractivity contribution >= 4 is 28.6 Å². The maximum Gasteiger partial charge on any atom is 0.193 e. The van der Waals surface area contributed by atoms with Gasteiger partial charge in [-0.15, -0.1) is 22.7 Å². The van der Waals surface area contributed by atoms with E-state index >= 15 is 0 Å². The van der Waals surface area contributed by atoms with E-state index in [2.05, 4.69) is 55.0 Å². The van der Waals surface area contributed by atoms with Crippen LogP contribution in [-0.4, -0.2) is 54.5 Å². The lowest BCUT2D eigenvalue weighted by Crippen LogP contribution is -2.43. The highest BCUT2D eigenvalue weighted by atomic mass is 32.1. The fraction of sp³-hybridized carbons (Fsp3) is 0.556. The van der Waals surface area contributed by atoms with Crippen molar-refractivity contribution in [3.05, 3.63) is 38.5 Å². The van der Waals surface area contributed by atoms with Gasteiger partial charge in [-0.3, -0.25) is 9.89 Å². The lowest BCUT2D eigenvalue weighted by Gasteiger charge is -2.29. The summed E-state index contributed by atoms with van der Waals surface area (Å²) < 4.78 is 0. The molecule has 0 saturated carbocycles. The third-order valence-corrected chi connectivity index (χ3v) is 6.34. The number of aryl methyl sites for hydroxylation is 1. The Hall–Kier alpha value is -1.44. The molecule has 1 N–H and O–H groups in total. The van der Waals surface area contributed by atoms with Gasteiger partial charge in [0.15, 0.2) is 5.96 Å². The quantitative estimate of drug-likeness (QED) is 0.619. The normalized spacial score (nSPS) is 17.0. The van der Waals surface area contributed by atoms with Gasteiger partial charge < -0.3 is 10.2 Å². The van der Waals surface area contributed by atoms with Crippen LogP contribution in [0.4, 0.5) is 0 Å². The summed E-state index contributed by atoms with van der Waals surface area (Å²) in [6, 6.07) is 4.82. The first-order chi connectivity index (χ1) is 12.2. The van der Waals surface area contributed by atoms with Gasteiger partial charge in [-0.25, -0.2) is 4.98 Å². The molecule has 136 valence electrons. The van der Waals surface area contributed by atoms with E-state index in [1.54, 1.807) is 11.3 Å². The second-order valence-electron chi connectivity index (χ2n) is 6.42. The van der Waals surface area contributed by atoms with Crippen molar-refractivity contribution in [3.63, 3.8) is 0 Å². The van der Waals surface area contributed by atoms with Gasteiger partial charge in [0.1, 0.15) is 0 Å². The number of thiazole rings is 1. The van der Waals surface area contributed by atoms with Crippen molar-refractivity contribution in [2.45, 2.75) is 32.4 Å². The Bertz CT molecular complexity index is 673. The molecular weight excluding hydrogens is 350 g/mol. The Kier molecular flexibility index (Phi) is 6.45. The summed E-state index contributed by atoms with van der Waals surface area (Å²) >= 11 is 3.54. The molecular formula is C18H27N5S2. The highest BCUT2D eigenvalue weighted by molar-refractivity contribution is 7.10. The Labute approximate surface area is 158 Å². The summed E-state index contributed by atoms with van der Waals surface area (Å²) in [5.41, 5.74) is 1.10. The molecule has 1 aliphatic heterocycles. The first-order valence-corrected chi connectivity index (χ1v) is 10.5. The van der Waals surface area contributed by atoms with Crippen LogP contribution < -0.4 is 5.32 Å². The molecule has 0 bridgehead atoms. The Morgan fingerprint density at radius 3 is 2.80 bits per heavy atom. The zero-order valence-corrected chi connectivity index (χ0v) is 16.9. The summed E-state index contributed by atoms with van der Waals surface area (Å²) in [4.78, 5) is 15.2. The van der Waals surface area contributed by atoms with Crippen LogP contribution >= 0.6 is 22.7 Å². The van der Waals surface area contributed by atoms with E-state index in [0.717, 1.165) is 29.8 Å². The van der Waals surface area contributed by atoms with Gasteiger partial charge in [0, 0.05) is 30.9 Å². The molecule has 25 heavy (non-hydrogen) atoms. The predicted octanol–water partition coefficient (Wildman–Crippen LogP) is 3.36. The summed E-state index contributed by atoms with van der Waals surface area (Å²) in [7, 11) is 3.92. The van der Waals surface area contributed by atoms with Gasteiger partial charge in [0.2, 0.25) is 0 Å². The van der Waals surface area contributed by atoms with Crippen molar-refractivity contribution < 1.29 is 0 Å². The number of nitrogens with zero attached hydrogens (tertiary/aromatic N) is 4. The number of aromatic nitrogens is 1. The van der Waals surface area contributed by atoms with Crippen LogP contribution in [-0.2, 0) is 6.54 Å². The van der Waals surface area contributed by atoms with Gasteiger partial charge in [-0.05, 0) is 44.3 Å².